The van der Waals surface area contributed by atoms with Crippen molar-refractivity contribution in [3.8, 4) is 11.8 Å². The Bertz CT molecular complexity index is 903. The van der Waals surface area contributed by atoms with E-state index in [9.17, 15) is 0 Å². The minimum atomic E-state index is 0.771. The van der Waals surface area contributed by atoms with Gasteiger partial charge in [-0.2, -0.15) is 0 Å². The Balaban J connectivity index is 1.81. The van der Waals surface area contributed by atoms with Gasteiger partial charge in [0.25, 0.3) is 0 Å². The Labute approximate surface area is 158 Å². The number of hydrogen-bond acceptors (Lipinski definition) is 1. The van der Waals surface area contributed by atoms with Gasteiger partial charge in [0.05, 0.1) is 0 Å². The first kappa shape index (κ1) is 17.4. The highest BCUT2D eigenvalue weighted by atomic mass is 35.5. The van der Waals surface area contributed by atoms with Crippen LogP contribution in [0.25, 0.3) is 4.91 Å². The standard InChI is InChI=1S/C23H17ClS/c24-22-15-7-12-20(17-22)18-25-23(21-13-5-2-6-14-21)16-8-11-19-9-3-1-4-10-19/h1-7,9-10,12-17H,18H2/b23-16-. The molecule has 0 radical (unpaired) electrons. The summed E-state index contributed by atoms with van der Waals surface area (Å²) >= 11 is 7.85. The van der Waals surface area contributed by atoms with Crippen molar-refractivity contribution in [3.63, 3.8) is 0 Å². The predicted octanol–water partition coefficient (Wildman–Crippen LogP) is 6.67. The highest BCUT2D eigenvalue weighted by Crippen LogP contribution is 2.30. The monoisotopic (exact) mass is 360 g/mol. The van der Waals surface area contributed by atoms with Gasteiger partial charge < -0.3 is 0 Å². The van der Waals surface area contributed by atoms with Gasteiger partial charge in [-0.3, -0.25) is 0 Å². The molecular formula is C23H17ClS. The zero-order chi connectivity index (χ0) is 17.3. The lowest BCUT2D eigenvalue weighted by atomic mass is 10.2. The molecule has 0 aliphatic rings. The molecule has 3 aromatic rings. The Morgan fingerprint density at radius 2 is 1.60 bits per heavy atom. The average Bonchev–Trinajstić information content (AvgIpc) is 2.66. The molecule has 0 unspecified atom stereocenters. The zero-order valence-electron chi connectivity index (χ0n) is 13.7. The molecule has 0 atom stereocenters. The number of rotatable bonds is 4. The summed E-state index contributed by atoms with van der Waals surface area (Å²) in [6, 6.07) is 28.4. The van der Waals surface area contributed by atoms with Crippen LogP contribution in [0.3, 0.4) is 0 Å². The molecule has 2 heteroatoms. The van der Waals surface area contributed by atoms with Gasteiger partial charge >= 0.3 is 0 Å². The first-order valence-corrected chi connectivity index (χ1v) is 9.37. The molecule has 0 saturated carbocycles. The fourth-order valence-corrected chi connectivity index (χ4v) is 3.46. The lowest BCUT2D eigenvalue weighted by Crippen LogP contribution is -1.84. The Morgan fingerprint density at radius 1 is 0.880 bits per heavy atom. The Morgan fingerprint density at radius 3 is 2.32 bits per heavy atom. The van der Waals surface area contributed by atoms with E-state index < -0.39 is 0 Å². The van der Waals surface area contributed by atoms with E-state index >= 15 is 0 Å². The maximum absolute atomic E-state index is 6.08. The second-order valence-electron chi connectivity index (χ2n) is 5.43. The van der Waals surface area contributed by atoms with E-state index in [0.29, 0.717) is 0 Å². The van der Waals surface area contributed by atoms with Crippen LogP contribution in [-0.4, -0.2) is 0 Å². The summed E-state index contributed by atoms with van der Waals surface area (Å²) in [5, 5.41) is 0.771. The summed E-state index contributed by atoms with van der Waals surface area (Å²) in [5.41, 5.74) is 3.40. The van der Waals surface area contributed by atoms with Crippen molar-refractivity contribution in [1.82, 2.24) is 0 Å². The van der Waals surface area contributed by atoms with E-state index in [0.717, 1.165) is 21.2 Å². The molecule has 0 aromatic heterocycles. The van der Waals surface area contributed by atoms with Crippen LogP contribution in [0.5, 0.6) is 0 Å². The van der Waals surface area contributed by atoms with Gasteiger partial charge in [0.2, 0.25) is 0 Å². The van der Waals surface area contributed by atoms with E-state index in [1.165, 1.54) is 11.1 Å². The number of benzene rings is 3. The molecule has 0 heterocycles. The topological polar surface area (TPSA) is 0 Å². The van der Waals surface area contributed by atoms with Gasteiger partial charge in [0.15, 0.2) is 0 Å². The summed E-state index contributed by atoms with van der Waals surface area (Å²) in [4.78, 5) is 1.16. The third-order valence-electron chi connectivity index (χ3n) is 3.54. The molecule has 122 valence electrons. The van der Waals surface area contributed by atoms with E-state index in [1.54, 1.807) is 11.8 Å². The van der Waals surface area contributed by atoms with E-state index in [-0.39, 0.29) is 0 Å². The minimum absolute atomic E-state index is 0.771. The van der Waals surface area contributed by atoms with Crippen LogP contribution in [0.15, 0.2) is 91.0 Å². The number of allylic oxidation sites excluding steroid dienone is 1. The third kappa shape index (κ3) is 5.57. The second kappa shape index (κ2) is 9.18. The van der Waals surface area contributed by atoms with Crippen molar-refractivity contribution >= 4 is 28.3 Å². The van der Waals surface area contributed by atoms with Crippen LogP contribution < -0.4 is 0 Å². The molecule has 0 spiro atoms. The minimum Gasteiger partial charge on any atom is -0.120 e. The van der Waals surface area contributed by atoms with Crippen molar-refractivity contribution in [1.29, 1.82) is 0 Å². The van der Waals surface area contributed by atoms with Gasteiger partial charge in [-0.25, -0.2) is 0 Å². The van der Waals surface area contributed by atoms with Gasteiger partial charge in [-0.15, -0.1) is 11.8 Å². The summed E-state index contributed by atoms with van der Waals surface area (Å²) in [6.07, 6.45) is 2.00. The highest BCUT2D eigenvalue weighted by Gasteiger charge is 2.03. The predicted molar refractivity (Wildman–Crippen MR) is 110 cm³/mol. The summed E-state index contributed by atoms with van der Waals surface area (Å²) in [6.45, 7) is 0. The maximum atomic E-state index is 6.08. The smallest absolute Gasteiger partial charge is 0.0409 e. The normalized spacial score (nSPS) is 10.8. The number of hydrogen-bond donors (Lipinski definition) is 0. The molecule has 0 fully saturated rings. The largest absolute Gasteiger partial charge is 0.120 e. The Hall–Kier alpha value is -2.40. The number of halogens is 1. The third-order valence-corrected chi connectivity index (χ3v) is 4.91. The molecule has 0 aliphatic heterocycles. The van der Waals surface area contributed by atoms with Crippen molar-refractivity contribution in [2.75, 3.05) is 0 Å². The lowest BCUT2D eigenvalue weighted by Gasteiger charge is -2.07. The quantitative estimate of drug-likeness (QED) is 0.468. The second-order valence-corrected chi connectivity index (χ2v) is 6.88. The lowest BCUT2D eigenvalue weighted by molar-refractivity contribution is 1.42. The van der Waals surface area contributed by atoms with E-state index in [4.69, 9.17) is 11.6 Å². The molecule has 25 heavy (non-hydrogen) atoms. The van der Waals surface area contributed by atoms with Gasteiger partial charge in [0.1, 0.15) is 0 Å². The van der Waals surface area contributed by atoms with Crippen LogP contribution in [0.1, 0.15) is 16.7 Å². The molecule has 3 aromatic carbocycles. The highest BCUT2D eigenvalue weighted by molar-refractivity contribution is 8.07. The molecular weight excluding hydrogens is 344 g/mol. The first-order chi connectivity index (χ1) is 12.3. The van der Waals surface area contributed by atoms with Crippen molar-refractivity contribution < 1.29 is 0 Å². The molecule has 0 N–H and O–H groups in total. The Kier molecular flexibility index (Phi) is 6.40. The van der Waals surface area contributed by atoms with Crippen molar-refractivity contribution in [2.24, 2.45) is 0 Å². The van der Waals surface area contributed by atoms with Crippen molar-refractivity contribution in [2.45, 2.75) is 5.75 Å². The van der Waals surface area contributed by atoms with E-state index in [1.807, 2.05) is 72.8 Å². The van der Waals surface area contributed by atoms with Crippen LogP contribution in [-0.2, 0) is 5.75 Å². The molecule has 0 nitrogen and oxygen atoms in total. The van der Waals surface area contributed by atoms with Crippen LogP contribution in [0.4, 0.5) is 0 Å². The molecule has 0 amide bonds. The first-order valence-electron chi connectivity index (χ1n) is 8.01. The summed E-state index contributed by atoms with van der Waals surface area (Å²) in [7, 11) is 0. The zero-order valence-corrected chi connectivity index (χ0v) is 15.2. The fraction of sp³-hybridized carbons (Fsp3) is 0.0435. The molecule has 0 aliphatic carbocycles. The van der Waals surface area contributed by atoms with Gasteiger partial charge in [-0.05, 0) is 35.4 Å². The average molecular weight is 361 g/mol. The summed E-state index contributed by atoms with van der Waals surface area (Å²) < 4.78 is 0. The van der Waals surface area contributed by atoms with Crippen LogP contribution >= 0.6 is 23.4 Å². The van der Waals surface area contributed by atoms with E-state index in [2.05, 4.69) is 30.0 Å². The maximum Gasteiger partial charge on any atom is 0.0409 e. The fourth-order valence-electron chi connectivity index (χ4n) is 2.31. The molecule has 0 saturated heterocycles. The van der Waals surface area contributed by atoms with Gasteiger partial charge in [-0.1, -0.05) is 84.1 Å². The van der Waals surface area contributed by atoms with Crippen LogP contribution in [0, 0.1) is 11.8 Å². The SMILES string of the molecule is Clc1cccc(CS/C(=C\C#Cc2ccccc2)c2ccccc2)c1. The summed E-state index contributed by atoms with van der Waals surface area (Å²) in [5.74, 6) is 7.24. The van der Waals surface area contributed by atoms with Gasteiger partial charge in [0, 0.05) is 27.3 Å². The molecule has 3 rings (SSSR count). The number of thioether (sulfide) groups is 1. The van der Waals surface area contributed by atoms with Crippen LogP contribution in [0.2, 0.25) is 5.02 Å². The van der Waals surface area contributed by atoms with Crippen molar-refractivity contribution in [3.05, 3.63) is 113 Å². The molecule has 0 bridgehead atoms.